The molecule has 0 unspecified atom stereocenters. The zero-order chi connectivity index (χ0) is 17.2. The van der Waals surface area contributed by atoms with E-state index in [1.807, 2.05) is 0 Å². The number of aromatic nitrogens is 2. The van der Waals surface area contributed by atoms with E-state index in [-0.39, 0.29) is 6.61 Å². The largest absolute Gasteiger partial charge is 0.462 e. The van der Waals surface area contributed by atoms with Crippen molar-refractivity contribution in [2.24, 2.45) is 0 Å². The molecule has 0 aliphatic heterocycles. The van der Waals surface area contributed by atoms with Crippen LogP contribution in [0.1, 0.15) is 43.6 Å². The van der Waals surface area contributed by atoms with Crippen molar-refractivity contribution in [1.29, 1.82) is 0 Å². The summed E-state index contributed by atoms with van der Waals surface area (Å²) in [6, 6.07) is 1.70. The number of anilines is 1. The first-order valence-electron chi connectivity index (χ1n) is 7.37. The number of ether oxygens (including phenoxy) is 2. The molecule has 0 saturated heterocycles. The number of aryl methyl sites for hydroxylation is 1. The number of esters is 1. The van der Waals surface area contributed by atoms with Gasteiger partial charge in [-0.25, -0.2) is 14.1 Å². The van der Waals surface area contributed by atoms with E-state index in [1.165, 1.54) is 6.20 Å². The van der Waals surface area contributed by atoms with Crippen LogP contribution in [0.5, 0.6) is 0 Å². The minimum Gasteiger partial charge on any atom is -0.462 e. The molecule has 23 heavy (non-hydrogen) atoms. The van der Waals surface area contributed by atoms with Crippen molar-refractivity contribution in [2.45, 2.75) is 40.2 Å². The minimum absolute atomic E-state index is 0.283. The van der Waals surface area contributed by atoms with Gasteiger partial charge in [0.1, 0.15) is 11.2 Å². The fourth-order valence-corrected chi connectivity index (χ4v) is 2.15. The molecule has 0 saturated carbocycles. The van der Waals surface area contributed by atoms with Gasteiger partial charge < -0.3 is 9.47 Å². The van der Waals surface area contributed by atoms with Crippen molar-refractivity contribution in [1.82, 2.24) is 9.61 Å². The van der Waals surface area contributed by atoms with Crippen LogP contribution in [-0.4, -0.2) is 33.9 Å². The second-order valence-electron chi connectivity index (χ2n) is 6.05. The molecule has 7 nitrogen and oxygen atoms in total. The molecule has 7 heteroatoms. The van der Waals surface area contributed by atoms with Gasteiger partial charge in [-0.15, -0.1) is 0 Å². The molecular formula is C16H21N3O4. The number of pyridine rings is 1. The van der Waals surface area contributed by atoms with E-state index in [4.69, 9.17) is 9.47 Å². The predicted octanol–water partition coefficient (Wildman–Crippen LogP) is 3.17. The summed E-state index contributed by atoms with van der Waals surface area (Å²) in [6.07, 6.45) is 2.57. The van der Waals surface area contributed by atoms with Crippen LogP contribution in [0.15, 0.2) is 18.5 Å². The molecule has 1 amide bonds. The first kappa shape index (κ1) is 16.8. The molecule has 2 rings (SSSR count). The maximum atomic E-state index is 12.0. The zero-order valence-corrected chi connectivity index (χ0v) is 14.0. The van der Waals surface area contributed by atoms with Crippen LogP contribution in [0.4, 0.5) is 10.5 Å². The number of rotatable bonds is 3. The molecule has 0 atom stereocenters. The van der Waals surface area contributed by atoms with Gasteiger partial charge in [0, 0.05) is 6.20 Å². The van der Waals surface area contributed by atoms with Crippen molar-refractivity contribution in [3.63, 3.8) is 0 Å². The molecule has 0 bridgehead atoms. The summed E-state index contributed by atoms with van der Waals surface area (Å²) < 4.78 is 11.8. The van der Waals surface area contributed by atoms with Crippen molar-refractivity contribution < 1.29 is 19.1 Å². The van der Waals surface area contributed by atoms with E-state index in [2.05, 4.69) is 10.4 Å². The van der Waals surface area contributed by atoms with Crippen LogP contribution in [0.25, 0.3) is 5.52 Å². The molecule has 0 spiro atoms. The van der Waals surface area contributed by atoms with Gasteiger partial charge in [-0.1, -0.05) is 0 Å². The number of hydrogen-bond acceptors (Lipinski definition) is 5. The first-order chi connectivity index (χ1) is 10.7. The van der Waals surface area contributed by atoms with Gasteiger partial charge in [0.05, 0.1) is 24.0 Å². The number of nitrogens with zero attached hydrogens (tertiary/aromatic N) is 2. The molecule has 1 N–H and O–H groups in total. The predicted molar refractivity (Wildman–Crippen MR) is 85.7 cm³/mol. The highest BCUT2D eigenvalue weighted by molar-refractivity contribution is 5.99. The molecule has 124 valence electrons. The number of carbonyl (C=O) groups excluding carboxylic acids is 2. The second-order valence-corrected chi connectivity index (χ2v) is 6.05. The smallest absolute Gasteiger partial charge is 0.412 e. The van der Waals surface area contributed by atoms with E-state index in [1.54, 1.807) is 51.4 Å². The number of hydrogen-bond donors (Lipinski definition) is 1. The Balaban J connectivity index is 2.36. The van der Waals surface area contributed by atoms with Gasteiger partial charge in [-0.2, -0.15) is 5.10 Å². The van der Waals surface area contributed by atoms with Crippen LogP contribution >= 0.6 is 0 Å². The Labute approximate surface area is 134 Å². The zero-order valence-electron chi connectivity index (χ0n) is 14.0. The Morgan fingerprint density at radius 2 is 2.04 bits per heavy atom. The van der Waals surface area contributed by atoms with Crippen molar-refractivity contribution in [3.8, 4) is 0 Å². The first-order valence-corrected chi connectivity index (χ1v) is 7.37. The fourth-order valence-electron chi connectivity index (χ4n) is 2.15. The summed E-state index contributed by atoms with van der Waals surface area (Å²) in [5.41, 5.74) is 1.63. The molecule has 0 aliphatic rings. The molecule has 2 heterocycles. The summed E-state index contributed by atoms with van der Waals surface area (Å²) in [6.45, 7) is 9.19. The van der Waals surface area contributed by atoms with E-state index >= 15 is 0 Å². The lowest BCUT2D eigenvalue weighted by molar-refractivity contribution is 0.0527. The SMILES string of the molecule is CCOC(=O)c1cnn2ccc(NC(=O)OC(C)(C)C)c(C)c12. The average Bonchev–Trinajstić information content (AvgIpc) is 2.85. The molecule has 0 fully saturated rings. The Hall–Kier alpha value is -2.57. The lowest BCUT2D eigenvalue weighted by Gasteiger charge is -2.20. The lowest BCUT2D eigenvalue weighted by atomic mass is 10.1. The molecule has 2 aromatic heterocycles. The van der Waals surface area contributed by atoms with Gasteiger partial charge in [0.15, 0.2) is 0 Å². The number of carbonyl (C=O) groups is 2. The van der Waals surface area contributed by atoms with Gasteiger partial charge in [0.25, 0.3) is 0 Å². The van der Waals surface area contributed by atoms with Gasteiger partial charge in [0.2, 0.25) is 0 Å². The Morgan fingerprint density at radius 3 is 2.65 bits per heavy atom. The van der Waals surface area contributed by atoms with Crippen LogP contribution in [-0.2, 0) is 9.47 Å². The summed E-state index contributed by atoms with van der Waals surface area (Å²) >= 11 is 0. The number of fused-ring (bicyclic) bond motifs is 1. The van der Waals surface area contributed by atoms with Crippen molar-refractivity contribution >= 4 is 23.3 Å². The van der Waals surface area contributed by atoms with Crippen LogP contribution in [0.2, 0.25) is 0 Å². The Bertz CT molecular complexity index is 744. The Kier molecular flexibility index (Phi) is 4.58. The maximum absolute atomic E-state index is 12.0. The summed E-state index contributed by atoms with van der Waals surface area (Å²) in [5, 5.41) is 6.83. The summed E-state index contributed by atoms with van der Waals surface area (Å²) in [7, 11) is 0. The fraction of sp³-hybridized carbons (Fsp3) is 0.438. The van der Waals surface area contributed by atoms with Crippen LogP contribution in [0, 0.1) is 6.92 Å². The number of nitrogens with one attached hydrogen (secondary N) is 1. The van der Waals surface area contributed by atoms with Gasteiger partial charge in [-0.3, -0.25) is 5.32 Å². The van der Waals surface area contributed by atoms with Gasteiger partial charge in [-0.05, 0) is 46.2 Å². The molecule has 0 aliphatic carbocycles. The third-order valence-electron chi connectivity index (χ3n) is 3.07. The molecular weight excluding hydrogens is 298 g/mol. The van der Waals surface area contributed by atoms with Crippen LogP contribution < -0.4 is 5.32 Å². The maximum Gasteiger partial charge on any atom is 0.412 e. The quantitative estimate of drug-likeness (QED) is 0.879. The normalized spacial score (nSPS) is 11.3. The van der Waals surface area contributed by atoms with Crippen LogP contribution in [0.3, 0.4) is 0 Å². The molecule has 2 aromatic rings. The third-order valence-corrected chi connectivity index (χ3v) is 3.07. The molecule has 0 radical (unpaired) electrons. The third kappa shape index (κ3) is 3.80. The number of amides is 1. The standard InChI is InChI=1S/C16H21N3O4/c1-6-22-14(20)11-9-17-19-8-7-12(10(2)13(11)19)18-15(21)23-16(3,4)5/h7-9H,6H2,1-5H3,(H,18,21). The van der Waals surface area contributed by atoms with E-state index < -0.39 is 17.7 Å². The topological polar surface area (TPSA) is 81.9 Å². The highest BCUT2D eigenvalue weighted by Gasteiger charge is 2.20. The highest BCUT2D eigenvalue weighted by Crippen LogP contribution is 2.24. The Morgan fingerprint density at radius 1 is 1.35 bits per heavy atom. The summed E-state index contributed by atoms with van der Waals surface area (Å²) in [4.78, 5) is 23.9. The van der Waals surface area contributed by atoms with Crippen molar-refractivity contribution in [3.05, 3.63) is 29.6 Å². The van der Waals surface area contributed by atoms with E-state index in [0.717, 1.165) is 0 Å². The minimum atomic E-state index is -0.588. The second kappa shape index (κ2) is 6.28. The van der Waals surface area contributed by atoms with Gasteiger partial charge >= 0.3 is 12.1 Å². The summed E-state index contributed by atoms with van der Waals surface area (Å²) in [5.74, 6) is -0.444. The lowest BCUT2D eigenvalue weighted by Crippen LogP contribution is -2.27. The van der Waals surface area contributed by atoms with E-state index in [0.29, 0.717) is 22.3 Å². The van der Waals surface area contributed by atoms with Crippen molar-refractivity contribution in [2.75, 3.05) is 11.9 Å². The molecule has 0 aromatic carbocycles. The van der Waals surface area contributed by atoms with E-state index in [9.17, 15) is 9.59 Å². The highest BCUT2D eigenvalue weighted by atomic mass is 16.6. The average molecular weight is 319 g/mol. The monoisotopic (exact) mass is 319 g/mol.